The minimum atomic E-state index is 0.454. The summed E-state index contributed by atoms with van der Waals surface area (Å²) in [4.78, 5) is 2.20. The maximum atomic E-state index is 3.90. The summed E-state index contributed by atoms with van der Waals surface area (Å²) >= 11 is 1.90. The van der Waals surface area contributed by atoms with E-state index in [2.05, 4.69) is 15.4 Å². The first-order valence-electron chi connectivity index (χ1n) is 2.63. The first-order chi connectivity index (χ1) is 3.97. The molecule has 1 atom stereocenters. The molecule has 1 unspecified atom stereocenters. The molecule has 0 aromatic carbocycles. The molecule has 3 nitrogen and oxygen atoms in total. The van der Waals surface area contributed by atoms with E-state index < -0.39 is 0 Å². The van der Waals surface area contributed by atoms with Gasteiger partial charge in [0.05, 0.1) is 0 Å². The molecule has 44 valence electrons. The molecule has 2 aliphatic heterocycles. The average molecular weight is 129 g/mol. The van der Waals surface area contributed by atoms with Gasteiger partial charge >= 0.3 is 0 Å². The number of hydrogen-bond acceptors (Lipinski definition) is 4. The van der Waals surface area contributed by atoms with Gasteiger partial charge in [-0.15, -0.1) is 11.8 Å². The first kappa shape index (κ1) is 4.49. The van der Waals surface area contributed by atoms with Gasteiger partial charge in [0, 0.05) is 12.3 Å². The highest BCUT2D eigenvalue weighted by Crippen LogP contribution is 2.21. The van der Waals surface area contributed by atoms with Gasteiger partial charge in [0.1, 0.15) is 6.34 Å². The van der Waals surface area contributed by atoms with E-state index in [0.29, 0.717) is 5.50 Å². The third kappa shape index (κ3) is 0.492. The normalized spacial score (nSPS) is 33.0. The minimum Gasteiger partial charge on any atom is -0.330 e. The van der Waals surface area contributed by atoms with E-state index in [4.69, 9.17) is 0 Å². The highest BCUT2D eigenvalue weighted by Gasteiger charge is 2.24. The molecule has 8 heavy (non-hydrogen) atoms. The second kappa shape index (κ2) is 1.55. The third-order valence-corrected chi connectivity index (χ3v) is 2.43. The first-order valence-corrected chi connectivity index (χ1v) is 3.68. The zero-order valence-corrected chi connectivity index (χ0v) is 5.19. The SMILES string of the molecule is C1=NNC2SCCN12. The monoisotopic (exact) mass is 129 g/mol. The number of fused-ring (bicyclic) bond motifs is 1. The minimum absolute atomic E-state index is 0.454. The Bertz CT molecular complexity index is 124. The van der Waals surface area contributed by atoms with E-state index in [0.717, 1.165) is 6.54 Å². The van der Waals surface area contributed by atoms with Crippen molar-refractivity contribution in [1.29, 1.82) is 0 Å². The fourth-order valence-corrected chi connectivity index (χ4v) is 1.91. The van der Waals surface area contributed by atoms with Gasteiger partial charge in [-0.3, -0.25) is 5.43 Å². The molecular weight excluding hydrogens is 122 g/mol. The Kier molecular flexibility index (Phi) is 0.870. The number of hydrazone groups is 1. The van der Waals surface area contributed by atoms with Gasteiger partial charge in [-0.25, -0.2) is 0 Å². The van der Waals surface area contributed by atoms with Crippen LogP contribution in [0.2, 0.25) is 0 Å². The van der Waals surface area contributed by atoms with Crippen molar-refractivity contribution >= 4 is 18.1 Å². The van der Waals surface area contributed by atoms with Crippen LogP contribution in [0.25, 0.3) is 0 Å². The molecule has 0 radical (unpaired) electrons. The molecule has 0 bridgehead atoms. The second-order valence-corrected chi connectivity index (χ2v) is 3.02. The Hall–Kier alpha value is -0.380. The molecule has 0 aliphatic carbocycles. The molecule has 1 N–H and O–H groups in total. The molecule has 2 aliphatic rings. The highest BCUT2D eigenvalue weighted by molar-refractivity contribution is 8.00. The predicted molar refractivity (Wildman–Crippen MR) is 34.6 cm³/mol. The number of hydrogen-bond donors (Lipinski definition) is 1. The van der Waals surface area contributed by atoms with Crippen LogP contribution in [0.1, 0.15) is 0 Å². The average Bonchev–Trinajstić information content (AvgIpc) is 2.15. The standard InChI is InChI=1S/C4H7N3S/c1-2-8-4-6-5-3-7(1)4/h3-4,6H,1-2H2. The molecule has 2 heterocycles. The van der Waals surface area contributed by atoms with Crippen LogP contribution in [0.4, 0.5) is 0 Å². The second-order valence-electron chi connectivity index (χ2n) is 1.83. The van der Waals surface area contributed by atoms with Crippen molar-refractivity contribution in [2.75, 3.05) is 12.3 Å². The van der Waals surface area contributed by atoms with Crippen LogP contribution >= 0.6 is 11.8 Å². The van der Waals surface area contributed by atoms with Gasteiger partial charge in [-0.2, -0.15) is 5.10 Å². The lowest BCUT2D eigenvalue weighted by molar-refractivity contribution is 0.444. The highest BCUT2D eigenvalue weighted by atomic mass is 32.2. The summed E-state index contributed by atoms with van der Waals surface area (Å²) in [6.07, 6.45) is 1.87. The number of thioether (sulfide) groups is 1. The van der Waals surface area contributed by atoms with Gasteiger partial charge < -0.3 is 4.90 Å². The summed E-state index contributed by atoms with van der Waals surface area (Å²) in [6, 6.07) is 0. The van der Waals surface area contributed by atoms with Gasteiger partial charge in [0.25, 0.3) is 0 Å². The summed E-state index contributed by atoms with van der Waals surface area (Å²) in [6.45, 7) is 1.14. The van der Waals surface area contributed by atoms with Gasteiger partial charge in [0.15, 0.2) is 5.50 Å². The lowest BCUT2D eigenvalue weighted by Crippen LogP contribution is -2.28. The fourth-order valence-electron chi connectivity index (χ4n) is 0.884. The number of rotatable bonds is 0. The maximum Gasteiger partial charge on any atom is 0.164 e. The molecule has 0 aromatic heterocycles. The Balaban J connectivity index is 2.13. The van der Waals surface area contributed by atoms with E-state index in [9.17, 15) is 0 Å². The fraction of sp³-hybridized carbons (Fsp3) is 0.750. The smallest absolute Gasteiger partial charge is 0.164 e. The molecule has 1 fully saturated rings. The van der Waals surface area contributed by atoms with E-state index in [1.807, 2.05) is 18.1 Å². The van der Waals surface area contributed by atoms with Crippen molar-refractivity contribution in [2.45, 2.75) is 5.50 Å². The Morgan fingerprint density at radius 1 is 1.88 bits per heavy atom. The number of nitrogens with one attached hydrogen (secondary N) is 1. The van der Waals surface area contributed by atoms with Crippen LogP contribution in [0.15, 0.2) is 5.10 Å². The molecule has 1 saturated heterocycles. The van der Waals surface area contributed by atoms with Crippen LogP contribution < -0.4 is 5.43 Å². The van der Waals surface area contributed by atoms with E-state index in [-0.39, 0.29) is 0 Å². The van der Waals surface area contributed by atoms with Gasteiger partial charge in [-0.1, -0.05) is 0 Å². The molecule has 0 aromatic rings. The topological polar surface area (TPSA) is 27.6 Å². The summed E-state index contributed by atoms with van der Waals surface area (Å²) in [5.74, 6) is 1.23. The quantitative estimate of drug-likeness (QED) is 0.493. The van der Waals surface area contributed by atoms with E-state index in [1.165, 1.54) is 5.75 Å². The van der Waals surface area contributed by atoms with Crippen molar-refractivity contribution in [2.24, 2.45) is 5.10 Å². The van der Waals surface area contributed by atoms with Crippen LogP contribution in [0.5, 0.6) is 0 Å². The Morgan fingerprint density at radius 2 is 2.88 bits per heavy atom. The van der Waals surface area contributed by atoms with Crippen LogP contribution in [0.3, 0.4) is 0 Å². The lowest BCUT2D eigenvalue weighted by Gasteiger charge is -2.10. The van der Waals surface area contributed by atoms with Crippen molar-refractivity contribution in [1.82, 2.24) is 10.3 Å². The summed E-state index contributed by atoms with van der Waals surface area (Å²) < 4.78 is 0. The molecule has 2 rings (SSSR count). The summed E-state index contributed by atoms with van der Waals surface area (Å²) in [5, 5.41) is 3.90. The zero-order chi connectivity index (χ0) is 5.40. The van der Waals surface area contributed by atoms with Crippen LogP contribution in [0, 0.1) is 0 Å². The number of nitrogens with zero attached hydrogens (tertiary/aromatic N) is 2. The van der Waals surface area contributed by atoms with Crippen LogP contribution in [-0.2, 0) is 0 Å². The van der Waals surface area contributed by atoms with E-state index >= 15 is 0 Å². The summed E-state index contributed by atoms with van der Waals surface area (Å²) in [5.41, 5.74) is 3.43. The lowest BCUT2D eigenvalue weighted by atomic mass is 10.7. The predicted octanol–water partition coefficient (Wildman–Crippen LogP) is -0.135. The van der Waals surface area contributed by atoms with E-state index in [1.54, 1.807) is 0 Å². The molecule has 0 saturated carbocycles. The van der Waals surface area contributed by atoms with Crippen LogP contribution in [-0.4, -0.2) is 29.0 Å². The van der Waals surface area contributed by atoms with Crippen molar-refractivity contribution < 1.29 is 0 Å². The molecule has 0 amide bonds. The summed E-state index contributed by atoms with van der Waals surface area (Å²) in [7, 11) is 0. The Labute approximate surface area is 52.1 Å². The maximum absolute atomic E-state index is 3.90. The molecular formula is C4H7N3S. The molecule has 0 spiro atoms. The zero-order valence-electron chi connectivity index (χ0n) is 4.37. The largest absolute Gasteiger partial charge is 0.330 e. The molecule has 4 heteroatoms. The van der Waals surface area contributed by atoms with Crippen molar-refractivity contribution in [3.8, 4) is 0 Å². The van der Waals surface area contributed by atoms with Crippen molar-refractivity contribution in [3.63, 3.8) is 0 Å². The Morgan fingerprint density at radius 3 is 3.75 bits per heavy atom. The van der Waals surface area contributed by atoms with Gasteiger partial charge in [-0.05, 0) is 0 Å². The van der Waals surface area contributed by atoms with Gasteiger partial charge in [0.2, 0.25) is 0 Å². The van der Waals surface area contributed by atoms with Crippen molar-refractivity contribution in [3.05, 3.63) is 0 Å². The third-order valence-electron chi connectivity index (χ3n) is 1.32.